The van der Waals surface area contributed by atoms with Crippen molar-refractivity contribution in [2.24, 2.45) is 0 Å². The molecule has 19 heavy (non-hydrogen) atoms. The van der Waals surface area contributed by atoms with Crippen LogP contribution in [0, 0.1) is 6.92 Å². The highest BCUT2D eigenvalue weighted by molar-refractivity contribution is 9.10. The third kappa shape index (κ3) is 3.51. The number of halogens is 1. The third-order valence-electron chi connectivity index (χ3n) is 3.10. The van der Waals surface area contributed by atoms with Crippen LogP contribution in [0.25, 0.3) is 0 Å². The van der Waals surface area contributed by atoms with Crippen LogP contribution in [0.1, 0.15) is 30.5 Å². The molecule has 0 aromatic heterocycles. The SMILES string of the molecule is CCC(Nc1cc(C)cc(Br)c1)c1ccccc1O. The van der Waals surface area contributed by atoms with Gasteiger partial charge in [0.1, 0.15) is 5.75 Å². The summed E-state index contributed by atoms with van der Waals surface area (Å²) in [6.07, 6.45) is 0.906. The Bertz CT molecular complexity index is 548. The number of phenolic OH excluding ortho intramolecular Hbond substituents is 1. The van der Waals surface area contributed by atoms with Crippen molar-refractivity contribution in [1.82, 2.24) is 0 Å². The minimum Gasteiger partial charge on any atom is -0.508 e. The van der Waals surface area contributed by atoms with Crippen LogP contribution in [0.2, 0.25) is 0 Å². The highest BCUT2D eigenvalue weighted by Crippen LogP contribution is 2.30. The molecule has 1 atom stereocenters. The molecule has 0 fully saturated rings. The van der Waals surface area contributed by atoms with E-state index in [0.717, 1.165) is 22.1 Å². The lowest BCUT2D eigenvalue weighted by molar-refractivity contribution is 0.463. The van der Waals surface area contributed by atoms with Gasteiger partial charge in [-0.25, -0.2) is 0 Å². The van der Waals surface area contributed by atoms with Crippen molar-refractivity contribution in [2.75, 3.05) is 5.32 Å². The minimum absolute atomic E-state index is 0.106. The predicted octanol–water partition coefficient (Wildman–Crippen LogP) is 5.03. The highest BCUT2D eigenvalue weighted by atomic mass is 79.9. The summed E-state index contributed by atoms with van der Waals surface area (Å²) in [5, 5.41) is 13.4. The number of rotatable bonds is 4. The molecule has 0 saturated heterocycles. The molecule has 2 aromatic carbocycles. The lowest BCUT2D eigenvalue weighted by Gasteiger charge is -2.20. The van der Waals surface area contributed by atoms with Gasteiger partial charge in [0.05, 0.1) is 6.04 Å². The fourth-order valence-electron chi connectivity index (χ4n) is 2.20. The Kier molecular flexibility index (Phi) is 4.48. The Morgan fingerprint density at radius 3 is 2.58 bits per heavy atom. The minimum atomic E-state index is 0.106. The number of para-hydroxylation sites is 1. The second-order valence-corrected chi connectivity index (χ2v) is 5.60. The van der Waals surface area contributed by atoms with Gasteiger partial charge in [-0.15, -0.1) is 0 Å². The van der Waals surface area contributed by atoms with E-state index in [1.165, 1.54) is 5.56 Å². The van der Waals surface area contributed by atoms with Gasteiger partial charge in [0, 0.05) is 15.7 Å². The van der Waals surface area contributed by atoms with Crippen molar-refractivity contribution < 1.29 is 5.11 Å². The quantitative estimate of drug-likeness (QED) is 0.828. The van der Waals surface area contributed by atoms with Crippen LogP contribution in [0.4, 0.5) is 5.69 Å². The zero-order chi connectivity index (χ0) is 13.8. The Hall–Kier alpha value is -1.48. The van der Waals surface area contributed by atoms with Crippen molar-refractivity contribution in [3.05, 3.63) is 58.1 Å². The van der Waals surface area contributed by atoms with Crippen LogP contribution < -0.4 is 5.32 Å². The average Bonchev–Trinajstić information content (AvgIpc) is 2.36. The van der Waals surface area contributed by atoms with Gasteiger partial charge >= 0.3 is 0 Å². The maximum atomic E-state index is 9.95. The molecule has 0 radical (unpaired) electrons. The molecule has 2 aromatic rings. The largest absolute Gasteiger partial charge is 0.508 e. The van der Waals surface area contributed by atoms with Crippen molar-refractivity contribution in [3.8, 4) is 5.75 Å². The molecule has 1 unspecified atom stereocenters. The molecule has 0 bridgehead atoms. The van der Waals surface area contributed by atoms with E-state index >= 15 is 0 Å². The maximum Gasteiger partial charge on any atom is 0.120 e. The number of aromatic hydroxyl groups is 1. The number of hydrogen-bond donors (Lipinski definition) is 2. The van der Waals surface area contributed by atoms with Gasteiger partial charge in [-0.3, -0.25) is 0 Å². The van der Waals surface area contributed by atoms with Gasteiger partial charge in [0.2, 0.25) is 0 Å². The fraction of sp³-hybridized carbons (Fsp3) is 0.250. The molecule has 0 aliphatic heterocycles. The molecule has 2 nitrogen and oxygen atoms in total. The van der Waals surface area contributed by atoms with E-state index in [4.69, 9.17) is 0 Å². The van der Waals surface area contributed by atoms with Crippen LogP contribution in [0.5, 0.6) is 5.75 Å². The van der Waals surface area contributed by atoms with Crippen LogP contribution in [0.15, 0.2) is 46.9 Å². The summed E-state index contributed by atoms with van der Waals surface area (Å²) in [6, 6.07) is 13.8. The number of hydrogen-bond acceptors (Lipinski definition) is 2. The monoisotopic (exact) mass is 319 g/mol. The molecule has 0 saturated carbocycles. The summed E-state index contributed by atoms with van der Waals surface area (Å²) in [6.45, 7) is 4.17. The summed E-state index contributed by atoms with van der Waals surface area (Å²) in [7, 11) is 0. The second-order valence-electron chi connectivity index (χ2n) is 4.68. The number of benzene rings is 2. The van der Waals surface area contributed by atoms with E-state index < -0.39 is 0 Å². The Labute approximate surface area is 122 Å². The standard InChI is InChI=1S/C16H18BrNO/c1-3-15(14-6-4-5-7-16(14)19)18-13-9-11(2)8-12(17)10-13/h4-10,15,18-19H,3H2,1-2H3. The van der Waals surface area contributed by atoms with E-state index in [9.17, 15) is 5.11 Å². The summed E-state index contributed by atoms with van der Waals surface area (Å²) >= 11 is 3.51. The number of nitrogens with one attached hydrogen (secondary N) is 1. The number of aryl methyl sites for hydroxylation is 1. The Balaban J connectivity index is 2.26. The molecule has 0 heterocycles. The summed E-state index contributed by atoms with van der Waals surface area (Å²) in [5.74, 6) is 0.341. The van der Waals surface area contributed by atoms with E-state index in [1.807, 2.05) is 18.2 Å². The number of phenols is 1. The van der Waals surface area contributed by atoms with E-state index in [1.54, 1.807) is 6.07 Å². The molecule has 2 N–H and O–H groups in total. The van der Waals surface area contributed by atoms with Gasteiger partial charge in [-0.2, -0.15) is 0 Å². The van der Waals surface area contributed by atoms with Crippen LogP contribution in [-0.2, 0) is 0 Å². The Morgan fingerprint density at radius 1 is 1.21 bits per heavy atom. The first kappa shape index (κ1) is 13.9. The van der Waals surface area contributed by atoms with E-state index in [-0.39, 0.29) is 6.04 Å². The number of anilines is 1. The van der Waals surface area contributed by atoms with Crippen molar-refractivity contribution in [3.63, 3.8) is 0 Å². The third-order valence-corrected chi connectivity index (χ3v) is 3.56. The van der Waals surface area contributed by atoms with Gasteiger partial charge in [-0.05, 0) is 43.2 Å². The molecule has 0 amide bonds. The topological polar surface area (TPSA) is 32.3 Å². The predicted molar refractivity (Wildman–Crippen MR) is 83.6 cm³/mol. The van der Waals surface area contributed by atoms with Gasteiger partial charge in [-0.1, -0.05) is 41.1 Å². The van der Waals surface area contributed by atoms with E-state index in [2.05, 4.69) is 53.3 Å². The molecule has 100 valence electrons. The summed E-state index contributed by atoms with van der Waals surface area (Å²) in [4.78, 5) is 0. The highest BCUT2D eigenvalue weighted by Gasteiger charge is 2.13. The van der Waals surface area contributed by atoms with Gasteiger partial charge < -0.3 is 10.4 Å². The van der Waals surface area contributed by atoms with Crippen LogP contribution in [-0.4, -0.2) is 5.11 Å². The van der Waals surface area contributed by atoms with Crippen molar-refractivity contribution in [1.29, 1.82) is 0 Å². The normalized spacial score (nSPS) is 12.2. The van der Waals surface area contributed by atoms with E-state index in [0.29, 0.717) is 5.75 Å². The van der Waals surface area contributed by atoms with Gasteiger partial charge in [0.25, 0.3) is 0 Å². The zero-order valence-corrected chi connectivity index (χ0v) is 12.7. The summed E-state index contributed by atoms with van der Waals surface area (Å²) in [5.41, 5.74) is 3.19. The fourth-order valence-corrected chi connectivity index (χ4v) is 2.81. The first-order valence-corrected chi connectivity index (χ1v) is 7.21. The summed E-state index contributed by atoms with van der Waals surface area (Å²) < 4.78 is 1.06. The second kappa shape index (κ2) is 6.11. The molecule has 0 aliphatic carbocycles. The smallest absolute Gasteiger partial charge is 0.120 e. The lowest BCUT2D eigenvalue weighted by atomic mass is 10.0. The molecule has 0 aliphatic rings. The van der Waals surface area contributed by atoms with Crippen molar-refractivity contribution >= 4 is 21.6 Å². The molecular formula is C16H18BrNO. The van der Waals surface area contributed by atoms with Crippen LogP contribution in [0.3, 0.4) is 0 Å². The molecular weight excluding hydrogens is 302 g/mol. The van der Waals surface area contributed by atoms with Crippen molar-refractivity contribution in [2.45, 2.75) is 26.3 Å². The van der Waals surface area contributed by atoms with Crippen LogP contribution >= 0.6 is 15.9 Å². The Morgan fingerprint density at radius 2 is 1.95 bits per heavy atom. The van der Waals surface area contributed by atoms with Gasteiger partial charge in [0.15, 0.2) is 0 Å². The molecule has 2 rings (SSSR count). The molecule has 3 heteroatoms. The lowest BCUT2D eigenvalue weighted by Crippen LogP contribution is -2.10. The first-order chi connectivity index (χ1) is 9.10. The molecule has 0 spiro atoms. The first-order valence-electron chi connectivity index (χ1n) is 6.41. The zero-order valence-electron chi connectivity index (χ0n) is 11.2. The average molecular weight is 320 g/mol. The maximum absolute atomic E-state index is 9.95.